The molecule has 4 nitrogen and oxygen atoms in total. The summed E-state index contributed by atoms with van der Waals surface area (Å²) >= 11 is 0. The minimum absolute atomic E-state index is 0.482. The Kier molecular flexibility index (Phi) is 1.95. The van der Waals surface area contributed by atoms with Gasteiger partial charge in [-0.1, -0.05) is 6.42 Å². The second-order valence-corrected chi connectivity index (χ2v) is 4.01. The number of oxazole rings is 1. The average molecular weight is 203 g/mol. The second kappa shape index (κ2) is 3.31. The van der Waals surface area contributed by atoms with Crippen LogP contribution in [0.2, 0.25) is 0 Å². The molecule has 3 rings (SSSR count). The largest absolute Gasteiger partial charge is 0.422 e. The van der Waals surface area contributed by atoms with Gasteiger partial charge >= 0.3 is 0 Å². The Hall–Kier alpha value is -1.42. The van der Waals surface area contributed by atoms with Crippen LogP contribution in [0.4, 0.5) is 0 Å². The van der Waals surface area contributed by atoms with E-state index in [4.69, 9.17) is 10.2 Å². The lowest BCUT2D eigenvalue weighted by atomic mass is 9.85. The molecule has 0 atom stereocenters. The highest BCUT2D eigenvalue weighted by Crippen LogP contribution is 2.37. The van der Waals surface area contributed by atoms with E-state index in [9.17, 15) is 0 Å². The molecular weight excluding hydrogens is 190 g/mol. The lowest BCUT2D eigenvalue weighted by Crippen LogP contribution is -2.08. The van der Waals surface area contributed by atoms with Crippen LogP contribution in [-0.4, -0.2) is 9.97 Å². The van der Waals surface area contributed by atoms with E-state index in [0.717, 1.165) is 17.0 Å². The highest BCUT2D eigenvalue weighted by Gasteiger charge is 2.25. The predicted molar refractivity (Wildman–Crippen MR) is 56.3 cm³/mol. The smallest absolute Gasteiger partial charge is 0.247 e. The van der Waals surface area contributed by atoms with Crippen molar-refractivity contribution in [2.75, 3.05) is 0 Å². The monoisotopic (exact) mass is 203 g/mol. The third kappa shape index (κ3) is 1.33. The molecule has 1 aliphatic rings. The van der Waals surface area contributed by atoms with E-state index in [-0.39, 0.29) is 0 Å². The van der Waals surface area contributed by atoms with Crippen LogP contribution in [0, 0.1) is 0 Å². The van der Waals surface area contributed by atoms with Crippen LogP contribution in [0.15, 0.2) is 16.7 Å². The third-order valence-electron chi connectivity index (χ3n) is 3.07. The first kappa shape index (κ1) is 8.85. The van der Waals surface area contributed by atoms with E-state index < -0.39 is 0 Å². The maximum Gasteiger partial charge on any atom is 0.247 e. The quantitative estimate of drug-likeness (QED) is 0.810. The summed E-state index contributed by atoms with van der Waals surface area (Å²) < 4.78 is 5.64. The van der Waals surface area contributed by atoms with Crippen LogP contribution in [0.25, 0.3) is 11.2 Å². The molecule has 0 unspecified atom stereocenters. The van der Waals surface area contributed by atoms with Gasteiger partial charge in [-0.15, -0.1) is 0 Å². The van der Waals surface area contributed by atoms with Gasteiger partial charge in [0, 0.05) is 18.7 Å². The van der Waals surface area contributed by atoms with Gasteiger partial charge in [-0.25, -0.2) is 9.97 Å². The number of nitrogens with zero attached hydrogens (tertiary/aromatic N) is 2. The molecule has 1 fully saturated rings. The van der Waals surface area contributed by atoms with Crippen LogP contribution in [0.3, 0.4) is 0 Å². The molecule has 0 bridgehead atoms. The van der Waals surface area contributed by atoms with Gasteiger partial charge in [-0.3, -0.25) is 0 Å². The second-order valence-electron chi connectivity index (χ2n) is 4.01. The molecule has 0 amide bonds. The number of hydrogen-bond acceptors (Lipinski definition) is 4. The van der Waals surface area contributed by atoms with Gasteiger partial charge in [0.2, 0.25) is 11.6 Å². The lowest BCUT2D eigenvalue weighted by molar-refractivity contribution is 0.342. The maximum absolute atomic E-state index is 5.64. The van der Waals surface area contributed by atoms with Crippen LogP contribution < -0.4 is 5.73 Å². The Morgan fingerprint density at radius 2 is 2.33 bits per heavy atom. The normalized spacial score (nSPS) is 16.9. The molecule has 0 radical (unpaired) electrons. The van der Waals surface area contributed by atoms with E-state index in [1.165, 1.54) is 19.3 Å². The predicted octanol–water partition coefficient (Wildman–Crippen LogP) is 1.95. The zero-order chi connectivity index (χ0) is 10.3. The van der Waals surface area contributed by atoms with Crippen LogP contribution in [0.5, 0.6) is 0 Å². The SMILES string of the molecule is NCc1ccnc2oc(C3CCC3)nc12. The first-order chi connectivity index (χ1) is 7.38. The molecule has 2 N–H and O–H groups in total. The molecule has 0 aliphatic heterocycles. The summed E-state index contributed by atoms with van der Waals surface area (Å²) in [6, 6.07) is 1.90. The standard InChI is InChI=1S/C11H13N3O/c12-6-8-4-5-13-11-9(8)14-10(15-11)7-2-1-3-7/h4-5,7H,1-3,6,12H2. The first-order valence-electron chi connectivity index (χ1n) is 5.33. The lowest BCUT2D eigenvalue weighted by Gasteiger charge is -2.21. The van der Waals surface area contributed by atoms with E-state index in [1.54, 1.807) is 6.20 Å². The van der Waals surface area contributed by atoms with Crippen molar-refractivity contribution in [1.29, 1.82) is 0 Å². The Bertz CT molecular complexity index is 488. The van der Waals surface area contributed by atoms with Gasteiger partial charge in [0.1, 0.15) is 5.52 Å². The van der Waals surface area contributed by atoms with Crippen LogP contribution in [-0.2, 0) is 6.54 Å². The molecule has 2 aromatic heterocycles. The van der Waals surface area contributed by atoms with Gasteiger partial charge in [0.05, 0.1) is 0 Å². The topological polar surface area (TPSA) is 64.9 Å². The average Bonchev–Trinajstić information content (AvgIpc) is 2.57. The fourth-order valence-electron chi connectivity index (χ4n) is 1.89. The summed E-state index contributed by atoms with van der Waals surface area (Å²) in [5, 5.41) is 0. The summed E-state index contributed by atoms with van der Waals surface area (Å²) in [4.78, 5) is 8.66. The van der Waals surface area contributed by atoms with Crippen molar-refractivity contribution in [3.8, 4) is 0 Å². The first-order valence-corrected chi connectivity index (χ1v) is 5.33. The van der Waals surface area contributed by atoms with Crippen molar-refractivity contribution in [3.05, 3.63) is 23.7 Å². The Balaban J connectivity index is 2.12. The molecule has 0 spiro atoms. The van der Waals surface area contributed by atoms with Crippen LogP contribution in [0.1, 0.15) is 36.6 Å². The summed E-state index contributed by atoms with van der Waals surface area (Å²) in [7, 11) is 0. The summed E-state index contributed by atoms with van der Waals surface area (Å²) in [6.45, 7) is 0.482. The highest BCUT2D eigenvalue weighted by atomic mass is 16.4. The van der Waals surface area contributed by atoms with E-state index >= 15 is 0 Å². The molecule has 0 saturated heterocycles. The Morgan fingerprint density at radius 3 is 3.00 bits per heavy atom. The maximum atomic E-state index is 5.64. The number of nitrogens with two attached hydrogens (primary N) is 1. The van der Waals surface area contributed by atoms with Gasteiger partial charge in [-0.05, 0) is 24.5 Å². The highest BCUT2D eigenvalue weighted by molar-refractivity contribution is 5.72. The minimum atomic E-state index is 0.482. The molecule has 15 heavy (non-hydrogen) atoms. The molecule has 1 aliphatic carbocycles. The molecule has 2 aromatic rings. The molecule has 0 aromatic carbocycles. The van der Waals surface area contributed by atoms with Gasteiger partial charge in [0.15, 0.2) is 0 Å². The van der Waals surface area contributed by atoms with Crippen molar-refractivity contribution < 1.29 is 4.42 Å². The number of rotatable bonds is 2. The van der Waals surface area contributed by atoms with Gasteiger partial charge in [0.25, 0.3) is 0 Å². The molecule has 1 saturated carbocycles. The molecule has 78 valence electrons. The van der Waals surface area contributed by atoms with Crippen LogP contribution >= 0.6 is 0 Å². The fourth-order valence-corrected chi connectivity index (χ4v) is 1.89. The van der Waals surface area contributed by atoms with Gasteiger partial charge < -0.3 is 10.2 Å². The third-order valence-corrected chi connectivity index (χ3v) is 3.07. The van der Waals surface area contributed by atoms with Crippen molar-refractivity contribution in [3.63, 3.8) is 0 Å². The van der Waals surface area contributed by atoms with E-state index in [2.05, 4.69) is 9.97 Å². The summed E-state index contributed by atoms with van der Waals surface area (Å²) in [5.74, 6) is 1.34. The Morgan fingerprint density at radius 1 is 1.47 bits per heavy atom. The molecular formula is C11H13N3O. The number of fused-ring (bicyclic) bond motifs is 1. The van der Waals surface area contributed by atoms with E-state index in [1.807, 2.05) is 6.07 Å². The zero-order valence-corrected chi connectivity index (χ0v) is 8.44. The van der Waals surface area contributed by atoms with Crippen molar-refractivity contribution in [2.45, 2.75) is 31.7 Å². The minimum Gasteiger partial charge on any atom is -0.422 e. The molecule has 4 heteroatoms. The van der Waals surface area contributed by atoms with Gasteiger partial charge in [-0.2, -0.15) is 0 Å². The fraction of sp³-hybridized carbons (Fsp3) is 0.455. The number of hydrogen-bond donors (Lipinski definition) is 1. The van der Waals surface area contributed by atoms with Crippen molar-refractivity contribution >= 4 is 11.2 Å². The van der Waals surface area contributed by atoms with E-state index in [0.29, 0.717) is 18.2 Å². The summed E-state index contributed by atoms with van der Waals surface area (Å²) in [5.41, 5.74) is 8.11. The zero-order valence-electron chi connectivity index (χ0n) is 8.44. The van der Waals surface area contributed by atoms with Crippen molar-refractivity contribution in [1.82, 2.24) is 9.97 Å². The Labute approximate surface area is 87.5 Å². The van der Waals surface area contributed by atoms with Crippen molar-refractivity contribution in [2.24, 2.45) is 5.73 Å². The molecule has 2 heterocycles. The number of pyridine rings is 1. The summed E-state index contributed by atoms with van der Waals surface area (Å²) in [6.07, 6.45) is 5.37. The number of aromatic nitrogens is 2.